The van der Waals surface area contributed by atoms with Crippen LogP contribution < -0.4 is 4.72 Å². The summed E-state index contributed by atoms with van der Waals surface area (Å²) in [6.45, 7) is -0.483. The smallest absolute Gasteiger partial charge is 0.395 e. The quantitative estimate of drug-likeness (QED) is 0.287. The molecule has 0 bridgehead atoms. The highest BCUT2D eigenvalue weighted by molar-refractivity contribution is 7.89. The first kappa shape index (κ1) is 26.2. The number of sulfonamides is 1. The summed E-state index contributed by atoms with van der Waals surface area (Å²) in [4.78, 5) is 4.22. The fourth-order valence-electron chi connectivity index (χ4n) is 3.31. The predicted molar refractivity (Wildman–Crippen MR) is 123 cm³/mol. The Bertz CT molecular complexity index is 1590. The Morgan fingerprint density at radius 2 is 1.68 bits per heavy atom. The van der Waals surface area contributed by atoms with Gasteiger partial charge in [0.25, 0.3) is 6.43 Å². The minimum atomic E-state index is -4.53. The van der Waals surface area contributed by atoms with Crippen LogP contribution in [0.3, 0.4) is 0 Å². The second kappa shape index (κ2) is 10.3. The minimum absolute atomic E-state index is 0.0217. The average Bonchev–Trinajstić information content (AvgIpc) is 3.28. The zero-order chi connectivity index (χ0) is 26.8. The van der Waals surface area contributed by atoms with Gasteiger partial charge >= 0.3 is 6.18 Å². The van der Waals surface area contributed by atoms with Crippen LogP contribution in [0.5, 0.6) is 0 Å². The molecule has 192 valence electrons. The second-order valence-electron chi connectivity index (χ2n) is 7.64. The number of hydrogen-bond donors (Lipinski definition) is 2. The van der Waals surface area contributed by atoms with E-state index in [-0.39, 0.29) is 40.6 Å². The van der Waals surface area contributed by atoms with Gasteiger partial charge in [-0.1, -0.05) is 18.1 Å². The van der Waals surface area contributed by atoms with E-state index in [4.69, 9.17) is 5.11 Å². The number of hydrogen-bond acceptors (Lipinski definition) is 5. The second-order valence-corrected chi connectivity index (χ2v) is 9.40. The average molecular weight is 536 g/mol. The molecule has 0 radical (unpaired) electrons. The Morgan fingerprint density at radius 1 is 1.00 bits per heavy atom. The zero-order valence-corrected chi connectivity index (χ0v) is 19.5. The number of benzene rings is 2. The molecule has 0 saturated carbocycles. The van der Waals surface area contributed by atoms with Crippen molar-refractivity contribution in [3.63, 3.8) is 0 Å². The summed E-state index contributed by atoms with van der Waals surface area (Å²) in [5, 5.41) is 12.8. The topological polar surface area (TPSA) is 96.6 Å². The summed E-state index contributed by atoms with van der Waals surface area (Å²) in [7, 11) is -3.78. The van der Waals surface area contributed by atoms with Crippen LogP contribution in [0.2, 0.25) is 0 Å². The number of aromatic nitrogens is 3. The van der Waals surface area contributed by atoms with Crippen molar-refractivity contribution in [2.24, 2.45) is 0 Å². The molecular formula is C24H17F5N4O3S. The maximum absolute atomic E-state index is 13.7. The zero-order valence-electron chi connectivity index (χ0n) is 18.7. The Kier molecular flexibility index (Phi) is 7.26. The van der Waals surface area contributed by atoms with E-state index >= 15 is 0 Å². The molecule has 0 saturated heterocycles. The van der Waals surface area contributed by atoms with Crippen molar-refractivity contribution in [2.45, 2.75) is 17.5 Å². The van der Waals surface area contributed by atoms with E-state index in [0.717, 1.165) is 34.8 Å². The number of aliphatic hydroxyl groups excluding tert-OH is 1. The minimum Gasteiger partial charge on any atom is -0.395 e. The molecule has 0 spiro atoms. The first-order chi connectivity index (χ1) is 17.5. The molecule has 2 N–H and O–H groups in total. The summed E-state index contributed by atoms with van der Waals surface area (Å²) in [5.41, 5.74) is -0.588. The number of nitrogens with one attached hydrogen (secondary N) is 1. The molecule has 2 heterocycles. The molecule has 0 atom stereocenters. The highest BCUT2D eigenvalue weighted by Gasteiger charge is 2.30. The van der Waals surface area contributed by atoms with Gasteiger partial charge < -0.3 is 5.11 Å². The number of halogens is 5. The molecule has 0 amide bonds. The van der Waals surface area contributed by atoms with Gasteiger partial charge in [-0.2, -0.15) is 18.3 Å². The summed E-state index contributed by atoms with van der Waals surface area (Å²) in [6, 6.07) is 11.9. The van der Waals surface area contributed by atoms with Crippen LogP contribution in [-0.2, 0) is 16.2 Å². The van der Waals surface area contributed by atoms with Gasteiger partial charge in [-0.05, 0) is 48.4 Å². The first-order valence-electron chi connectivity index (χ1n) is 10.6. The van der Waals surface area contributed by atoms with Crippen LogP contribution in [0, 0.1) is 11.8 Å². The maximum atomic E-state index is 13.7. The lowest BCUT2D eigenvalue weighted by Gasteiger charge is -2.09. The number of alkyl halides is 5. The van der Waals surface area contributed by atoms with Gasteiger partial charge in [0.05, 0.1) is 22.8 Å². The molecule has 0 aliphatic heterocycles. The molecular weight excluding hydrogens is 519 g/mol. The molecule has 4 aromatic rings. The van der Waals surface area contributed by atoms with Gasteiger partial charge in [-0.3, -0.25) is 0 Å². The standard InChI is InChI=1S/C24H17F5N4O3S/c25-23(26)21-14-20(16-4-6-17(7-5-16)24(27,28)29)31-22-13-18(32-33(21)22)8-1-15-2-9-19(10-3-15)37(35,36)30-11-12-34/h2-7,9-10,13-14,23,30,34H,11-12H2. The molecule has 4 rings (SSSR count). The highest BCUT2D eigenvalue weighted by Crippen LogP contribution is 2.31. The number of aliphatic hydroxyl groups is 1. The molecule has 0 aliphatic rings. The fourth-order valence-corrected chi connectivity index (χ4v) is 4.33. The molecule has 0 fully saturated rings. The van der Waals surface area contributed by atoms with Crippen LogP contribution in [0.25, 0.3) is 16.9 Å². The third-order valence-corrected chi connectivity index (χ3v) is 6.57. The Hall–Kier alpha value is -3.86. The predicted octanol–water partition coefficient (Wildman–Crippen LogP) is 4.02. The van der Waals surface area contributed by atoms with E-state index in [9.17, 15) is 30.4 Å². The lowest BCUT2D eigenvalue weighted by Crippen LogP contribution is -2.26. The summed E-state index contributed by atoms with van der Waals surface area (Å²) in [6.07, 6.45) is -7.48. The molecule has 13 heteroatoms. The van der Waals surface area contributed by atoms with E-state index in [1.54, 1.807) is 0 Å². The molecule has 0 aliphatic carbocycles. The fraction of sp³-hybridized carbons (Fsp3) is 0.167. The lowest BCUT2D eigenvalue weighted by molar-refractivity contribution is -0.137. The monoisotopic (exact) mass is 536 g/mol. The Labute approximate surface area is 207 Å². The highest BCUT2D eigenvalue weighted by atomic mass is 32.2. The number of rotatable bonds is 6. The van der Waals surface area contributed by atoms with Gasteiger partial charge in [-0.15, -0.1) is 0 Å². The van der Waals surface area contributed by atoms with Gasteiger partial charge in [0, 0.05) is 23.7 Å². The van der Waals surface area contributed by atoms with E-state index in [2.05, 4.69) is 26.6 Å². The van der Waals surface area contributed by atoms with E-state index in [1.165, 1.54) is 30.3 Å². The van der Waals surface area contributed by atoms with Gasteiger partial charge in [0.1, 0.15) is 11.4 Å². The third-order valence-electron chi connectivity index (χ3n) is 5.09. The SMILES string of the molecule is O=S(=O)(NCCO)c1ccc(C#Cc2cc3nc(-c4ccc(C(F)(F)F)cc4)cc(C(F)F)n3n2)cc1. The number of nitrogens with zero attached hydrogens (tertiary/aromatic N) is 3. The van der Waals surface area contributed by atoms with Crippen molar-refractivity contribution in [1.82, 2.24) is 19.3 Å². The lowest BCUT2D eigenvalue weighted by atomic mass is 10.1. The third kappa shape index (κ3) is 5.93. The van der Waals surface area contributed by atoms with Crippen LogP contribution in [0.1, 0.15) is 28.9 Å². The molecule has 2 aromatic carbocycles. The van der Waals surface area contributed by atoms with E-state index in [1.807, 2.05) is 0 Å². The van der Waals surface area contributed by atoms with Crippen molar-refractivity contribution >= 4 is 15.7 Å². The summed E-state index contributed by atoms with van der Waals surface area (Å²) >= 11 is 0. The van der Waals surface area contributed by atoms with Gasteiger partial charge in [-0.25, -0.2) is 31.4 Å². The van der Waals surface area contributed by atoms with E-state index in [0.29, 0.717) is 5.56 Å². The van der Waals surface area contributed by atoms with Crippen molar-refractivity contribution in [2.75, 3.05) is 13.2 Å². The Morgan fingerprint density at radius 3 is 2.27 bits per heavy atom. The molecule has 37 heavy (non-hydrogen) atoms. The van der Waals surface area contributed by atoms with Crippen LogP contribution in [0.4, 0.5) is 22.0 Å². The Balaban J connectivity index is 1.65. The summed E-state index contributed by atoms with van der Waals surface area (Å²) in [5.74, 6) is 5.46. The summed E-state index contributed by atoms with van der Waals surface area (Å²) < 4.78 is 93.3. The molecule has 7 nitrogen and oxygen atoms in total. The van der Waals surface area contributed by atoms with Crippen molar-refractivity contribution in [3.05, 3.63) is 83.2 Å². The van der Waals surface area contributed by atoms with Crippen LogP contribution in [-0.4, -0.2) is 41.3 Å². The normalized spacial score (nSPS) is 12.1. The van der Waals surface area contributed by atoms with Gasteiger partial charge in [0.2, 0.25) is 10.0 Å². The van der Waals surface area contributed by atoms with Crippen LogP contribution in [0.15, 0.2) is 65.6 Å². The van der Waals surface area contributed by atoms with Gasteiger partial charge in [0.15, 0.2) is 5.65 Å². The largest absolute Gasteiger partial charge is 0.416 e. The van der Waals surface area contributed by atoms with Crippen LogP contribution >= 0.6 is 0 Å². The van der Waals surface area contributed by atoms with E-state index < -0.39 is 33.9 Å². The molecule has 2 aromatic heterocycles. The maximum Gasteiger partial charge on any atom is 0.416 e. The number of fused-ring (bicyclic) bond motifs is 1. The molecule has 0 unspecified atom stereocenters. The van der Waals surface area contributed by atoms with Crippen molar-refractivity contribution < 1.29 is 35.5 Å². The first-order valence-corrected chi connectivity index (χ1v) is 12.1. The van der Waals surface area contributed by atoms with Crippen molar-refractivity contribution in [3.8, 4) is 23.1 Å². The van der Waals surface area contributed by atoms with Crippen molar-refractivity contribution in [1.29, 1.82) is 0 Å².